The fraction of sp³-hybridized carbons (Fsp3) is 0.200. The Hall–Kier alpha value is -1.93. The van der Waals surface area contributed by atoms with E-state index in [-0.39, 0.29) is 0 Å². The third-order valence-corrected chi connectivity index (χ3v) is 2.13. The maximum absolute atomic E-state index is 11.0. The molecular formula is C10H10N2O2. The summed E-state index contributed by atoms with van der Waals surface area (Å²) in [7, 11) is 0. The first-order valence-electron chi connectivity index (χ1n) is 4.09. The molecule has 0 aliphatic carbocycles. The zero-order chi connectivity index (χ0) is 10.6. The number of hydrogen-bond donors (Lipinski definition) is 1. The predicted octanol–water partition coefficient (Wildman–Crippen LogP) is 1.33. The van der Waals surface area contributed by atoms with Gasteiger partial charge in [-0.3, -0.25) is 4.79 Å². The molecule has 1 unspecified atom stereocenters. The summed E-state index contributed by atoms with van der Waals surface area (Å²) in [6.07, 6.45) is 1.00. The van der Waals surface area contributed by atoms with E-state index in [4.69, 9.17) is 10.6 Å². The summed E-state index contributed by atoms with van der Waals surface area (Å²) < 4.78 is 0. The fourth-order valence-electron chi connectivity index (χ4n) is 1.15. The van der Waals surface area contributed by atoms with E-state index in [9.17, 15) is 4.79 Å². The van der Waals surface area contributed by atoms with Gasteiger partial charge in [0.2, 0.25) is 0 Å². The molecule has 0 fully saturated rings. The van der Waals surface area contributed by atoms with Crippen LogP contribution in [0.15, 0.2) is 30.3 Å². The van der Waals surface area contributed by atoms with Crippen molar-refractivity contribution in [1.29, 1.82) is 0 Å². The summed E-state index contributed by atoms with van der Waals surface area (Å²) in [5, 5.41) is 9.01. The minimum Gasteiger partial charge on any atom is -0.480 e. The molecule has 14 heavy (non-hydrogen) atoms. The molecule has 4 nitrogen and oxygen atoms in total. The van der Waals surface area contributed by atoms with Crippen molar-refractivity contribution in [2.45, 2.75) is 12.3 Å². The number of nitrogens with zero attached hydrogens (tertiary/aromatic N) is 2. The molecular weight excluding hydrogens is 180 g/mol. The summed E-state index contributed by atoms with van der Waals surface area (Å²) in [5.74, 6) is -1.05. The second kappa shape index (κ2) is 3.85. The van der Waals surface area contributed by atoms with Gasteiger partial charge < -0.3 is 10.6 Å². The first-order valence-corrected chi connectivity index (χ1v) is 4.09. The van der Waals surface area contributed by atoms with Crippen molar-refractivity contribution in [2.75, 3.05) is 0 Å². The van der Waals surface area contributed by atoms with Gasteiger partial charge in [-0.25, -0.2) is 0 Å². The highest BCUT2D eigenvalue weighted by Crippen LogP contribution is 2.20. The van der Waals surface area contributed by atoms with E-state index in [1.54, 1.807) is 30.3 Å². The first kappa shape index (κ1) is 10.2. The van der Waals surface area contributed by atoms with Crippen LogP contribution in [-0.2, 0) is 10.2 Å². The number of benzene rings is 1. The van der Waals surface area contributed by atoms with E-state index in [1.165, 1.54) is 6.92 Å². The van der Waals surface area contributed by atoms with Crippen LogP contribution in [-0.4, -0.2) is 22.1 Å². The van der Waals surface area contributed by atoms with Crippen LogP contribution in [0.1, 0.15) is 12.5 Å². The molecule has 0 aliphatic rings. The molecule has 1 rings (SSSR count). The number of rotatable bonds is 3. The molecule has 0 bridgehead atoms. The highest BCUT2D eigenvalue weighted by molar-refractivity contribution is 5.98. The molecule has 1 N–H and O–H groups in total. The standard InChI is InChI=1S/C10H10N2O2/c1-10(7-12-11,9(13)14)8-5-3-2-4-6-8/h2-7H,1H3,(H,13,14). The van der Waals surface area contributed by atoms with Crippen LogP contribution in [0.25, 0.3) is 5.53 Å². The maximum atomic E-state index is 11.0. The van der Waals surface area contributed by atoms with Gasteiger partial charge in [0, 0.05) is 0 Å². The zero-order valence-corrected chi connectivity index (χ0v) is 7.71. The molecule has 0 spiro atoms. The largest absolute Gasteiger partial charge is 0.480 e. The molecule has 0 saturated heterocycles. The minimum atomic E-state index is -1.28. The molecule has 1 aromatic carbocycles. The SMILES string of the molecule is CC(C=[N+]=[N-])(C(=O)O)c1ccccc1. The maximum Gasteiger partial charge on any atom is 0.325 e. The number of carboxylic acids is 1. The number of hydrogen-bond acceptors (Lipinski definition) is 1. The average Bonchev–Trinajstić information content (AvgIpc) is 2.19. The van der Waals surface area contributed by atoms with Crippen molar-refractivity contribution in [3.05, 3.63) is 41.4 Å². The van der Waals surface area contributed by atoms with Crippen LogP contribution in [0.2, 0.25) is 0 Å². The quantitative estimate of drug-likeness (QED) is 0.443. The molecule has 0 amide bonds. The van der Waals surface area contributed by atoms with Gasteiger partial charge in [0.25, 0.3) is 6.21 Å². The molecule has 0 aromatic heterocycles. The van der Waals surface area contributed by atoms with Crippen LogP contribution in [0.4, 0.5) is 0 Å². The van der Waals surface area contributed by atoms with Gasteiger partial charge in [0.15, 0.2) is 5.41 Å². The Kier molecular flexibility index (Phi) is 2.79. The van der Waals surface area contributed by atoms with Crippen LogP contribution in [0, 0.1) is 0 Å². The van der Waals surface area contributed by atoms with E-state index >= 15 is 0 Å². The molecule has 1 aromatic rings. The Balaban J connectivity index is 3.26. The van der Waals surface area contributed by atoms with Crippen molar-refractivity contribution < 1.29 is 14.7 Å². The molecule has 72 valence electrons. The summed E-state index contributed by atoms with van der Waals surface area (Å²) in [5.41, 5.74) is 7.71. The Labute approximate surface area is 81.4 Å². The average molecular weight is 190 g/mol. The summed E-state index contributed by atoms with van der Waals surface area (Å²) in [4.78, 5) is 13.8. The van der Waals surface area contributed by atoms with Gasteiger partial charge in [-0.15, -0.1) is 0 Å². The summed E-state index contributed by atoms with van der Waals surface area (Å²) in [6, 6.07) is 8.62. The van der Waals surface area contributed by atoms with Crippen molar-refractivity contribution in [1.82, 2.24) is 0 Å². The monoisotopic (exact) mass is 190 g/mol. The number of carboxylic acid groups (broad SMARTS) is 1. The molecule has 0 aliphatic heterocycles. The van der Waals surface area contributed by atoms with Crippen LogP contribution in [0.5, 0.6) is 0 Å². The van der Waals surface area contributed by atoms with E-state index < -0.39 is 11.4 Å². The molecule has 1 atom stereocenters. The second-order valence-electron chi connectivity index (χ2n) is 3.12. The van der Waals surface area contributed by atoms with Gasteiger partial charge in [-0.2, -0.15) is 4.79 Å². The lowest BCUT2D eigenvalue weighted by atomic mass is 9.84. The van der Waals surface area contributed by atoms with Gasteiger partial charge in [0.05, 0.1) is 0 Å². The number of carbonyl (C=O) groups is 1. The highest BCUT2D eigenvalue weighted by atomic mass is 16.4. The van der Waals surface area contributed by atoms with Gasteiger partial charge in [-0.1, -0.05) is 30.3 Å². The van der Waals surface area contributed by atoms with Crippen LogP contribution in [0.3, 0.4) is 0 Å². The van der Waals surface area contributed by atoms with Crippen LogP contribution < -0.4 is 0 Å². The lowest BCUT2D eigenvalue weighted by molar-refractivity contribution is -0.141. The van der Waals surface area contributed by atoms with E-state index in [2.05, 4.69) is 4.79 Å². The molecule has 4 heteroatoms. The lowest BCUT2D eigenvalue weighted by Gasteiger charge is -2.15. The Morgan fingerprint density at radius 1 is 1.50 bits per heavy atom. The van der Waals surface area contributed by atoms with Gasteiger partial charge in [-0.05, 0) is 12.5 Å². The van der Waals surface area contributed by atoms with Gasteiger partial charge >= 0.3 is 5.97 Å². The Morgan fingerprint density at radius 3 is 2.50 bits per heavy atom. The highest BCUT2D eigenvalue weighted by Gasteiger charge is 2.37. The van der Waals surface area contributed by atoms with E-state index in [0.717, 1.165) is 6.21 Å². The topological polar surface area (TPSA) is 73.7 Å². The fourth-order valence-corrected chi connectivity index (χ4v) is 1.15. The van der Waals surface area contributed by atoms with Crippen molar-refractivity contribution in [3.63, 3.8) is 0 Å². The predicted molar refractivity (Wildman–Crippen MR) is 51.1 cm³/mol. The van der Waals surface area contributed by atoms with E-state index in [1.807, 2.05) is 0 Å². The van der Waals surface area contributed by atoms with Crippen molar-refractivity contribution in [2.24, 2.45) is 0 Å². The first-order chi connectivity index (χ1) is 6.61. The van der Waals surface area contributed by atoms with E-state index in [0.29, 0.717) is 5.56 Å². The van der Waals surface area contributed by atoms with Crippen LogP contribution >= 0.6 is 0 Å². The lowest BCUT2D eigenvalue weighted by Crippen LogP contribution is -2.34. The third kappa shape index (κ3) is 1.70. The Bertz CT molecular complexity index is 378. The smallest absolute Gasteiger partial charge is 0.325 e. The normalized spacial score (nSPS) is 13.8. The Morgan fingerprint density at radius 2 is 2.07 bits per heavy atom. The van der Waals surface area contributed by atoms with Crippen molar-refractivity contribution in [3.8, 4) is 0 Å². The second-order valence-corrected chi connectivity index (χ2v) is 3.12. The summed E-state index contributed by atoms with van der Waals surface area (Å²) in [6.45, 7) is 1.48. The molecule has 0 heterocycles. The zero-order valence-electron chi connectivity index (χ0n) is 7.71. The number of aliphatic carboxylic acids is 1. The third-order valence-electron chi connectivity index (χ3n) is 2.13. The molecule has 0 radical (unpaired) electrons. The minimum absolute atomic E-state index is 0.574. The van der Waals surface area contributed by atoms with Crippen molar-refractivity contribution >= 4 is 12.2 Å². The van der Waals surface area contributed by atoms with Gasteiger partial charge in [0.1, 0.15) is 0 Å². The summed E-state index contributed by atoms with van der Waals surface area (Å²) >= 11 is 0. The molecule has 0 saturated carbocycles.